The lowest BCUT2D eigenvalue weighted by Crippen LogP contribution is -2.19. The van der Waals surface area contributed by atoms with Crippen molar-refractivity contribution in [2.75, 3.05) is 6.61 Å². The third kappa shape index (κ3) is 3.20. The van der Waals surface area contributed by atoms with Crippen LogP contribution in [0.4, 0.5) is 13.2 Å². The second-order valence-corrected chi connectivity index (χ2v) is 7.77. The first-order valence-electron chi connectivity index (χ1n) is 8.00. The van der Waals surface area contributed by atoms with Crippen molar-refractivity contribution in [3.05, 3.63) is 34.7 Å². The summed E-state index contributed by atoms with van der Waals surface area (Å²) in [6.07, 6.45) is 4.35. The summed E-state index contributed by atoms with van der Waals surface area (Å²) in [6.45, 7) is 0.671. The van der Waals surface area contributed by atoms with E-state index in [0.29, 0.717) is 21.9 Å². The average Bonchev–Trinajstić information content (AvgIpc) is 3.01. The number of hydrogen-bond donors (Lipinski definition) is 0. The standard InChI is InChI=1S/C17H13Br2F3N2O2/c18-15-10-8-23-24(13-3-1-2-6-25-13)12(10)7-9-4-5-11(20)16(14(9)15)26-17(19,21)22/h4-5,7-8,13H,1-3,6H2. The van der Waals surface area contributed by atoms with Crippen LogP contribution in [0.2, 0.25) is 0 Å². The maximum atomic E-state index is 14.2. The van der Waals surface area contributed by atoms with Crippen LogP contribution in [0.25, 0.3) is 21.7 Å². The van der Waals surface area contributed by atoms with E-state index in [-0.39, 0.29) is 11.6 Å². The zero-order chi connectivity index (χ0) is 18.5. The Bertz CT molecular complexity index is 982. The Morgan fingerprint density at radius 2 is 2.12 bits per heavy atom. The molecule has 0 saturated carbocycles. The molecule has 0 aliphatic carbocycles. The summed E-state index contributed by atoms with van der Waals surface area (Å²) in [5.41, 5.74) is 0.777. The van der Waals surface area contributed by atoms with Crippen molar-refractivity contribution in [2.24, 2.45) is 0 Å². The van der Waals surface area contributed by atoms with Gasteiger partial charge in [-0.05, 0) is 52.7 Å². The lowest BCUT2D eigenvalue weighted by molar-refractivity contribution is -0.0813. The fourth-order valence-electron chi connectivity index (χ4n) is 3.25. The summed E-state index contributed by atoms with van der Waals surface area (Å²) in [4.78, 5) is 0. The monoisotopic (exact) mass is 492 g/mol. The number of rotatable bonds is 3. The molecule has 4 nitrogen and oxygen atoms in total. The van der Waals surface area contributed by atoms with Crippen LogP contribution in [0.15, 0.2) is 28.9 Å². The lowest BCUT2D eigenvalue weighted by atomic mass is 10.1. The fourth-order valence-corrected chi connectivity index (χ4v) is 4.12. The van der Waals surface area contributed by atoms with E-state index in [1.165, 1.54) is 6.07 Å². The topological polar surface area (TPSA) is 36.3 Å². The predicted octanol–water partition coefficient (Wildman–Crippen LogP) is 6.11. The van der Waals surface area contributed by atoms with Gasteiger partial charge >= 0.3 is 5.02 Å². The Kier molecular flexibility index (Phi) is 4.65. The minimum atomic E-state index is -3.68. The molecule has 0 radical (unpaired) electrons. The number of ether oxygens (including phenoxy) is 2. The molecule has 1 aromatic heterocycles. The summed E-state index contributed by atoms with van der Waals surface area (Å²) in [7, 11) is 0. The summed E-state index contributed by atoms with van der Waals surface area (Å²) < 4.78 is 53.3. The minimum Gasteiger partial charge on any atom is -0.420 e. The van der Waals surface area contributed by atoms with Crippen LogP contribution in [0.3, 0.4) is 0 Å². The van der Waals surface area contributed by atoms with Gasteiger partial charge < -0.3 is 9.47 Å². The molecule has 0 bridgehead atoms. The molecule has 1 aliphatic heterocycles. The number of nitrogens with zero attached hydrogens (tertiary/aromatic N) is 2. The van der Waals surface area contributed by atoms with Gasteiger partial charge in [-0.15, -0.1) is 0 Å². The molecule has 2 heterocycles. The molecule has 1 atom stereocenters. The average molecular weight is 494 g/mol. The molecule has 9 heteroatoms. The van der Waals surface area contributed by atoms with E-state index in [9.17, 15) is 13.2 Å². The molecule has 0 N–H and O–H groups in total. The first-order valence-corrected chi connectivity index (χ1v) is 9.59. The van der Waals surface area contributed by atoms with Gasteiger partial charge in [-0.1, -0.05) is 6.07 Å². The van der Waals surface area contributed by atoms with Gasteiger partial charge in [-0.25, -0.2) is 9.07 Å². The highest BCUT2D eigenvalue weighted by molar-refractivity contribution is 9.11. The molecular weight excluding hydrogens is 481 g/mol. The van der Waals surface area contributed by atoms with Gasteiger partial charge in [0, 0.05) is 37.8 Å². The smallest absolute Gasteiger partial charge is 0.420 e. The predicted molar refractivity (Wildman–Crippen MR) is 98.2 cm³/mol. The third-order valence-corrected chi connectivity index (χ3v) is 5.36. The number of benzene rings is 2. The molecule has 26 heavy (non-hydrogen) atoms. The van der Waals surface area contributed by atoms with Crippen molar-refractivity contribution < 1.29 is 22.6 Å². The maximum Gasteiger partial charge on any atom is 0.459 e. The zero-order valence-corrected chi connectivity index (χ0v) is 16.5. The number of hydrogen-bond acceptors (Lipinski definition) is 3. The summed E-state index contributed by atoms with van der Waals surface area (Å²) in [5.74, 6) is -1.40. The van der Waals surface area contributed by atoms with E-state index in [4.69, 9.17) is 4.74 Å². The van der Waals surface area contributed by atoms with E-state index < -0.39 is 16.6 Å². The highest BCUT2D eigenvalue weighted by atomic mass is 79.9. The maximum absolute atomic E-state index is 14.2. The van der Waals surface area contributed by atoms with E-state index in [1.807, 2.05) is 0 Å². The van der Waals surface area contributed by atoms with Crippen LogP contribution in [0.5, 0.6) is 5.75 Å². The number of aromatic nitrogens is 2. The molecule has 138 valence electrons. The summed E-state index contributed by atoms with van der Waals surface area (Å²) in [5, 5.41) is 2.16. The Balaban J connectivity index is 1.93. The molecule has 3 aromatic rings. The van der Waals surface area contributed by atoms with Crippen LogP contribution in [-0.2, 0) is 4.74 Å². The second-order valence-electron chi connectivity index (χ2n) is 6.06. The quantitative estimate of drug-likeness (QED) is 0.413. The Hall–Kier alpha value is -1.32. The van der Waals surface area contributed by atoms with E-state index in [2.05, 4.69) is 41.7 Å². The van der Waals surface area contributed by atoms with Crippen LogP contribution in [-0.4, -0.2) is 21.4 Å². The first-order chi connectivity index (χ1) is 12.3. The molecule has 2 aromatic carbocycles. The largest absolute Gasteiger partial charge is 0.459 e. The van der Waals surface area contributed by atoms with Crippen LogP contribution in [0.1, 0.15) is 25.5 Å². The van der Waals surface area contributed by atoms with Gasteiger partial charge in [0.1, 0.15) is 0 Å². The fraction of sp³-hybridized carbons (Fsp3) is 0.353. The van der Waals surface area contributed by atoms with Crippen molar-refractivity contribution >= 4 is 53.5 Å². The third-order valence-electron chi connectivity index (χ3n) is 4.37. The van der Waals surface area contributed by atoms with Crippen molar-refractivity contribution in [1.29, 1.82) is 0 Å². The number of halogens is 5. The Labute approximate surface area is 163 Å². The van der Waals surface area contributed by atoms with Crippen molar-refractivity contribution in [3.8, 4) is 5.75 Å². The van der Waals surface area contributed by atoms with Gasteiger partial charge in [0.05, 0.1) is 11.7 Å². The van der Waals surface area contributed by atoms with Gasteiger partial charge in [0.25, 0.3) is 0 Å². The van der Waals surface area contributed by atoms with E-state index in [1.54, 1.807) is 16.9 Å². The van der Waals surface area contributed by atoms with E-state index in [0.717, 1.165) is 30.8 Å². The lowest BCUT2D eigenvalue weighted by Gasteiger charge is -2.23. The highest BCUT2D eigenvalue weighted by Gasteiger charge is 2.30. The van der Waals surface area contributed by atoms with Crippen LogP contribution < -0.4 is 4.74 Å². The molecular formula is C17H13Br2F3N2O2. The summed E-state index contributed by atoms with van der Waals surface area (Å²) in [6, 6.07) is 4.40. The molecule has 1 aliphatic rings. The van der Waals surface area contributed by atoms with Gasteiger partial charge in [0.2, 0.25) is 0 Å². The Morgan fingerprint density at radius 3 is 2.81 bits per heavy atom. The number of alkyl halides is 3. The number of fused-ring (bicyclic) bond motifs is 2. The van der Waals surface area contributed by atoms with Gasteiger partial charge in [-0.2, -0.15) is 13.9 Å². The van der Waals surface area contributed by atoms with Crippen molar-refractivity contribution in [3.63, 3.8) is 0 Å². The highest BCUT2D eigenvalue weighted by Crippen LogP contribution is 2.42. The molecule has 1 fully saturated rings. The van der Waals surface area contributed by atoms with Crippen LogP contribution in [0, 0.1) is 5.82 Å². The van der Waals surface area contributed by atoms with Crippen LogP contribution >= 0.6 is 31.9 Å². The van der Waals surface area contributed by atoms with Gasteiger partial charge in [0.15, 0.2) is 17.8 Å². The second kappa shape index (κ2) is 6.69. The van der Waals surface area contributed by atoms with Gasteiger partial charge in [-0.3, -0.25) is 0 Å². The SMILES string of the molecule is Fc1ccc2cc3c(cnn3C3CCCCO3)c(Br)c2c1OC(F)(F)Br. The normalized spacial score (nSPS) is 18.6. The van der Waals surface area contributed by atoms with Crippen molar-refractivity contribution in [2.45, 2.75) is 30.5 Å². The first kappa shape index (κ1) is 18.1. The van der Waals surface area contributed by atoms with E-state index >= 15 is 0 Å². The molecule has 1 unspecified atom stereocenters. The Morgan fingerprint density at radius 1 is 1.31 bits per heavy atom. The van der Waals surface area contributed by atoms with Crippen molar-refractivity contribution in [1.82, 2.24) is 9.78 Å². The zero-order valence-electron chi connectivity index (χ0n) is 13.3. The minimum absolute atomic E-state index is 0.173. The summed E-state index contributed by atoms with van der Waals surface area (Å²) >= 11 is 5.51. The molecule has 4 rings (SSSR count). The molecule has 0 spiro atoms. The molecule has 0 amide bonds. The molecule has 1 saturated heterocycles.